The van der Waals surface area contributed by atoms with Crippen molar-refractivity contribution in [2.75, 3.05) is 26.7 Å². The van der Waals surface area contributed by atoms with Gasteiger partial charge in [0, 0.05) is 22.1 Å². The van der Waals surface area contributed by atoms with E-state index in [1.165, 1.54) is 0 Å². The maximum atomic E-state index is 9.86. The van der Waals surface area contributed by atoms with Gasteiger partial charge in [-0.2, -0.15) is 0 Å². The largest absolute Gasteiger partial charge is 0.389 e. The standard InChI is InChI=1S/C16H26BrClN2O/c1-5-19-15(8-9-20(4)11-16(2,3)21)13-7-6-12(17)10-14(13)18/h6-7,10,15,19,21H,5,8-9,11H2,1-4H3. The number of nitrogens with one attached hydrogen (secondary N) is 1. The highest BCUT2D eigenvalue weighted by Crippen LogP contribution is 2.28. The van der Waals surface area contributed by atoms with Crippen LogP contribution in [-0.2, 0) is 0 Å². The molecule has 1 aromatic rings. The molecule has 1 atom stereocenters. The molecule has 3 nitrogen and oxygen atoms in total. The van der Waals surface area contributed by atoms with Crippen LogP contribution in [0.15, 0.2) is 22.7 Å². The molecule has 0 aliphatic carbocycles. The van der Waals surface area contributed by atoms with Gasteiger partial charge in [-0.15, -0.1) is 0 Å². The lowest BCUT2D eigenvalue weighted by atomic mass is 10.0. The van der Waals surface area contributed by atoms with Gasteiger partial charge in [0.15, 0.2) is 0 Å². The maximum Gasteiger partial charge on any atom is 0.0718 e. The monoisotopic (exact) mass is 376 g/mol. The SMILES string of the molecule is CCNC(CCN(C)CC(C)(C)O)c1ccc(Br)cc1Cl. The molecule has 1 rings (SSSR count). The number of rotatable bonds is 8. The summed E-state index contributed by atoms with van der Waals surface area (Å²) in [5, 5.41) is 14.1. The van der Waals surface area contributed by atoms with Gasteiger partial charge in [-0.05, 0) is 58.1 Å². The van der Waals surface area contributed by atoms with Gasteiger partial charge < -0.3 is 15.3 Å². The van der Waals surface area contributed by atoms with Gasteiger partial charge in [0.05, 0.1) is 5.60 Å². The van der Waals surface area contributed by atoms with Crippen LogP contribution in [0.2, 0.25) is 5.02 Å². The lowest BCUT2D eigenvalue weighted by Crippen LogP contribution is -2.37. The molecule has 5 heteroatoms. The average molecular weight is 378 g/mol. The Hall–Kier alpha value is -0.130. The Balaban J connectivity index is 2.69. The second-order valence-corrected chi connectivity index (χ2v) is 7.44. The summed E-state index contributed by atoms with van der Waals surface area (Å²) in [6, 6.07) is 6.24. The molecule has 2 N–H and O–H groups in total. The zero-order valence-corrected chi connectivity index (χ0v) is 15.6. The van der Waals surface area contributed by atoms with E-state index in [2.05, 4.69) is 39.1 Å². The van der Waals surface area contributed by atoms with Crippen LogP contribution < -0.4 is 5.32 Å². The summed E-state index contributed by atoms with van der Waals surface area (Å²) < 4.78 is 0.991. The zero-order chi connectivity index (χ0) is 16.0. The van der Waals surface area contributed by atoms with E-state index in [1.807, 2.05) is 33.0 Å². The molecule has 0 aliphatic heterocycles. The van der Waals surface area contributed by atoms with Gasteiger partial charge in [0.2, 0.25) is 0 Å². The summed E-state index contributed by atoms with van der Waals surface area (Å²) in [4.78, 5) is 2.15. The zero-order valence-electron chi connectivity index (χ0n) is 13.3. The van der Waals surface area contributed by atoms with Crippen molar-refractivity contribution in [3.05, 3.63) is 33.3 Å². The minimum absolute atomic E-state index is 0.222. The van der Waals surface area contributed by atoms with Crippen LogP contribution in [0.3, 0.4) is 0 Å². The van der Waals surface area contributed by atoms with E-state index in [4.69, 9.17) is 11.6 Å². The smallest absolute Gasteiger partial charge is 0.0718 e. The maximum absolute atomic E-state index is 9.86. The van der Waals surface area contributed by atoms with Crippen molar-refractivity contribution < 1.29 is 5.11 Å². The summed E-state index contributed by atoms with van der Waals surface area (Å²) in [5.74, 6) is 0. The molecule has 0 aliphatic rings. The Kier molecular flexibility index (Phi) is 7.65. The molecule has 0 heterocycles. The summed E-state index contributed by atoms with van der Waals surface area (Å²) >= 11 is 9.80. The Morgan fingerprint density at radius 2 is 2.10 bits per heavy atom. The van der Waals surface area contributed by atoms with Crippen LogP contribution in [0.1, 0.15) is 38.8 Å². The van der Waals surface area contributed by atoms with E-state index < -0.39 is 5.60 Å². The number of likely N-dealkylation sites (N-methyl/N-ethyl adjacent to an activating group) is 1. The summed E-state index contributed by atoms with van der Waals surface area (Å²) in [7, 11) is 2.03. The van der Waals surface area contributed by atoms with Crippen molar-refractivity contribution in [1.82, 2.24) is 10.2 Å². The molecule has 120 valence electrons. The molecule has 0 radical (unpaired) electrons. The minimum Gasteiger partial charge on any atom is -0.389 e. The predicted octanol–water partition coefficient (Wildman–Crippen LogP) is 3.85. The van der Waals surface area contributed by atoms with E-state index in [-0.39, 0.29) is 6.04 Å². The molecule has 0 saturated carbocycles. The van der Waals surface area contributed by atoms with Crippen molar-refractivity contribution >= 4 is 27.5 Å². The Bertz CT molecular complexity index is 448. The molecular formula is C16H26BrClN2O. The van der Waals surface area contributed by atoms with Crippen molar-refractivity contribution in [3.8, 4) is 0 Å². The van der Waals surface area contributed by atoms with Crippen LogP contribution in [0, 0.1) is 0 Å². The lowest BCUT2D eigenvalue weighted by Gasteiger charge is -2.27. The van der Waals surface area contributed by atoms with Crippen molar-refractivity contribution in [2.24, 2.45) is 0 Å². The number of benzene rings is 1. The molecule has 1 unspecified atom stereocenters. The topological polar surface area (TPSA) is 35.5 Å². The first-order chi connectivity index (χ1) is 9.73. The quantitative estimate of drug-likeness (QED) is 0.722. The molecule has 0 aromatic heterocycles. The van der Waals surface area contributed by atoms with Gasteiger partial charge in [-0.3, -0.25) is 0 Å². The van der Waals surface area contributed by atoms with Gasteiger partial charge in [-0.25, -0.2) is 0 Å². The van der Waals surface area contributed by atoms with Crippen LogP contribution in [0.25, 0.3) is 0 Å². The molecule has 0 fully saturated rings. The van der Waals surface area contributed by atoms with E-state index in [0.717, 1.165) is 34.6 Å². The van der Waals surface area contributed by atoms with E-state index in [1.54, 1.807) is 0 Å². The molecule has 0 saturated heterocycles. The van der Waals surface area contributed by atoms with Crippen LogP contribution in [0.5, 0.6) is 0 Å². The van der Waals surface area contributed by atoms with Crippen LogP contribution >= 0.6 is 27.5 Å². The number of hydrogen-bond acceptors (Lipinski definition) is 3. The highest BCUT2D eigenvalue weighted by Gasteiger charge is 2.18. The second kappa shape index (κ2) is 8.49. The predicted molar refractivity (Wildman–Crippen MR) is 94.0 cm³/mol. The van der Waals surface area contributed by atoms with Gasteiger partial charge in [-0.1, -0.05) is 40.5 Å². The van der Waals surface area contributed by atoms with E-state index in [9.17, 15) is 5.11 Å². The van der Waals surface area contributed by atoms with Crippen LogP contribution in [-0.4, -0.2) is 42.3 Å². The van der Waals surface area contributed by atoms with Crippen LogP contribution in [0.4, 0.5) is 0 Å². The third kappa shape index (κ3) is 7.11. The Morgan fingerprint density at radius 1 is 1.43 bits per heavy atom. The highest BCUT2D eigenvalue weighted by molar-refractivity contribution is 9.10. The first kappa shape index (κ1) is 18.9. The molecule has 0 amide bonds. The minimum atomic E-state index is -0.669. The normalized spacial score (nSPS) is 13.7. The summed E-state index contributed by atoms with van der Waals surface area (Å²) in [5.41, 5.74) is 0.455. The fourth-order valence-electron chi connectivity index (χ4n) is 2.49. The Morgan fingerprint density at radius 3 is 2.62 bits per heavy atom. The molecule has 0 bridgehead atoms. The van der Waals surface area contributed by atoms with Gasteiger partial charge >= 0.3 is 0 Å². The third-order valence-corrected chi connectivity index (χ3v) is 4.07. The molecule has 0 spiro atoms. The Labute approximate surface area is 141 Å². The van der Waals surface area contributed by atoms with Gasteiger partial charge in [0.25, 0.3) is 0 Å². The molecule has 1 aromatic carbocycles. The van der Waals surface area contributed by atoms with Crippen molar-refractivity contribution in [1.29, 1.82) is 0 Å². The summed E-state index contributed by atoms with van der Waals surface area (Å²) in [6.45, 7) is 8.20. The highest BCUT2D eigenvalue weighted by atomic mass is 79.9. The number of aliphatic hydroxyl groups is 1. The number of hydrogen-bond donors (Lipinski definition) is 2. The fourth-order valence-corrected chi connectivity index (χ4v) is 3.29. The van der Waals surface area contributed by atoms with Gasteiger partial charge in [0.1, 0.15) is 0 Å². The second-order valence-electron chi connectivity index (χ2n) is 6.11. The van der Waals surface area contributed by atoms with E-state index in [0.29, 0.717) is 6.54 Å². The van der Waals surface area contributed by atoms with Crippen molar-refractivity contribution in [3.63, 3.8) is 0 Å². The van der Waals surface area contributed by atoms with E-state index >= 15 is 0 Å². The third-order valence-electron chi connectivity index (χ3n) is 3.24. The number of halogens is 2. The lowest BCUT2D eigenvalue weighted by molar-refractivity contribution is 0.0436. The molecular weight excluding hydrogens is 352 g/mol. The first-order valence-electron chi connectivity index (χ1n) is 7.32. The average Bonchev–Trinajstić information content (AvgIpc) is 2.33. The first-order valence-corrected chi connectivity index (χ1v) is 8.49. The number of nitrogens with zero attached hydrogens (tertiary/aromatic N) is 1. The summed E-state index contributed by atoms with van der Waals surface area (Å²) in [6.07, 6.45) is 0.946. The molecule has 21 heavy (non-hydrogen) atoms. The fraction of sp³-hybridized carbons (Fsp3) is 0.625. The van der Waals surface area contributed by atoms with Crippen molar-refractivity contribution in [2.45, 2.75) is 38.8 Å².